The number of esters is 1. The van der Waals surface area contributed by atoms with Crippen LogP contribution in [0.15, 0.2) is 61.3 Å². The summed E-state index contributed by atoms with van der Waals surface area (Å²) < 4.78 is 36.3. The Labute approximate surface area is 414 Å². The van der Waals surface area contributed by atoms with Gasteiger partial charge in [-0.05, 0) is 140 Å². The third-order valence-electron chi connectivity index (χ3n) is 16.9. The van der Waals surface area contributed by atoms with Gasteiger partial charge < -0.3 is 22.4 Å². The second-order valence-electron chi connectivity index (χ2n) is 26.8. The van der Waals surface area contributed by atoms with Gasteiger partial charge in [0.05, 0.1) is 6.10 Å². The van der Waals surface area contributed by atoms with Crippen molar-refractivity contribution in [2.45, 2.75) is 247 Å². The standard InChI is InChI=1S/C56H108O6Si4/c1-28-29-32-43(4)48-39-41(2)35-36-42(3)46(7)49(60-64(22,23)54(11,12)13)40-47(59-63(20,21)53(8,9)10)38-37-45(6)51(61-65(24,25)55(14,15)16)52(62-66(26,27)56(17,18)19)58-50(57)34-31-30-33-44(48)5/h28-36,41-49,51-52H,1,37-40H2,2-27H3/b32-29?,33-30-,34-31+,36-35+/t41-,42+,43+,44-,45+,46-,47+,48+,49+,51+,52+/m1/s1. The van der Waals surface area contributed by atoms with Crippen LogP contribution in [0.1, 0.15) is 150 Å². The van der Waals surface area contributed by atoms with Gasteiger partial charge in [-0.15, -0.1) is 0 Å². The van der Waals surface area contributed by atoms with Crippen molar-refractivity contribution in [1.29, 1.82) is 0 Å². The van der Waals surface area contributed by atoms with E-state index in [4.69, 9.17) is 22.4 Å². The van der Waals surface area contributed by atoms with Gasteiger partial charge in [-0.2, -0.15) is 0 Å². The second kappa shape index (κ2) is 24.8. The Bertz CT molecular complexity index is 1620. The molecule has 0 aliphatic carbocycles. The van der Waals surface area contributed by atoms with E-state index in [2.05, 4.69) is 214 Å². The minimum atomic E-state index is -2.47. The predicted molar refractivity (Wildman–Crippen MR) is 298 cm³/mol. The smallest absolute Gasteiger partial charge is 0.333 e. The van der Waals surface area contributed by atoms with Crippen LogP contribution in [0.2, 0.25) is 72.5 Å². The Hall–Kier alpha value is -1.12. The highest BCUT2D eigenvalue weighted by molar-refractivity contribution is 6.75. The van der Waals surface area contributed by atoms with E-state index < -0.39 is 51.6 Å². The van der Waals surface area contributed by atoms with E-state index in [9.17, 15) is 4.79 Å². The molecule has 0 saturated carbocycles. The molecule has 11 atom stereocenters. The fourth-order valence-corrected chi connectivity index (χ4v) is 12.9. The molecule has 0 unspecified atom stereocenters. The molecule has 10 heteroatoms. The number of ether oxygens (including phenoxy) is 1. The first-order valence-corrected chi connectivity index (χ1v) is 37.5. The quantitative estimate of drug-likeness (QED) is 0.0890. The maximum Gasteiger partial charge on any atom is 0.333 e. The van der Waals surface area contributed by atoms with Crippen molar-refractivity contribution in [3.63, 3.8) is 0 Å². The fraction of sp³-hybridized carbons (Fsp3) is 0.804. The van der Waals surface area contributed by atoms with Gasteiger partial charge in [0.1, 0.15) is 6.10 Å². The van der Waals surface area contributed by atoms with Gasteiger partial charge in [-0.1, -0.05) is 180 Å². The summed E-state index contributed by atoms with van der Waals surface area (Å²) in [6.07, 6.45) is 20.9. The molecule has 0 amide bonds. The van der Waals surface area contributed by atoms with Crippen molar-refractivity contribution in [2.75, 3.05) is 0 Å². The molecule has 384 valence electrons. The van der Waals surface area contributed by atoms with Gasteiger partial charge >= 0.3 is 5.97 Å². The number of rotatable bonds is 11. The zero-order chi connectivity index (χ0) is 51.7. The molecule has 0 saturated heterocycles. The van der Waals surface area contributed by atoms with Crippen molar-refractivity contribution in [2.24, 2.45) is 41.4 Å². The highest BCUT2D eigenvalue weighted by atomic mass is 28.4. The van der Waals surface area contributed by atoms with Gasteiger partial charge in [0.15, 0.2) is 33.3 Å². The largest absolute Gasteiger partial charge is 0.431 e. The van der Waals surface area contributed by atoms with Gasteiger partial charge in [0.2, 0.25) is 6.29 Å². The Morgan fingerprint density at radius 3 is 1.62 bits per heavy atom. The third kappa shape index (κ3) is 19.2. The average molecular weight is 990 g/mol. The molecule has 0 N–H and O–H groups in total. The summed E-state index contributed by atoms with van der Waals surface area (Å²) in [5.74, 6) is 1.49. The summed E-state index contributed by atoms with van der Waals surface area (Å²) in [4.78, 5) is 14.1. The highest BCUT2D eigenvalue weighted by Crippen LogP contribution is 2.45. The SMILES string of the molecule is C=CC=C[C@H](C)[C@@H]1C[C@H](C)/C=C/[C@H](C)[C@@H](C)[C@@H](O[Si](C)(C)C(C)(C)C)C[C@@H](O[Si](C)(C)C(C)(C)C)CC[C@H](C)[C@H](O[Si](C)(C)C(C)(C)C)[C@H](O[Si](C)(C)C(C)(C)C)OC(=O)/C=C/C=C\[C@H]1C. The number of carbonyl (C=O) groups is 1. The van der Waals surface area contributed by atoms with Gasteiger partial charge in [-0.3, -0.25) is 0 Å². The number of allylic oxidation sites excluding steroid dienone is 8. The van der Waals surface area contributed by atoms with Crippen LogP contribution >= 0.6 is 0 Å². The lowest BCUT2D eigenvalue weighted by molar-refractivity contribution is -0.180. The molecule has 66 heavy (non-hydrogen) atoms. The minimum absolute atomic E-state index is 0.00689. The zero-order valence-corrected chi connectivity index (χ0v) is 52.0. The van der Waals surface area contributed by atoms with E-state index in [-0.39, 0.29) is 50.1 Å². The van der Waals surface area contributed by atoms with E-state index in [1.54, 1.807) is 6.08 Å². The van der Waals surface area contributed by atoms with Crippen LogP contribution < -0.4 is 0 Å². The topological polar surface area (TPSA) is 63.2 Å². The maximum atomic E-state index is 14.1. The first kappa shape index (κ1) is 62.9. The first-order chi connectivity index (χ1) is 29.6. The molecular formula is C56H108O6Si4. The molecule has 6 nitrogen and oxygen atoms in total. The summed E-state index contributed by atoms with van der Waals surface area (Å²) in [6.45, 7) is 64.2. The minimum Gasteiger partial charge on any atom is -0.431 e. The highest BCUT2D eigenvalue weighted by Gasteiger charge is 2.48. The van der Waals surface area contributed by atoms with E-state index in [1.165, 1.54) is 0 Å². The molecule has 0 spiro atoms. The van der Waals surface area contributed by atoms with Crippen LogP contribution in [-0.4, -0.2) is 63.8 Å². The Morgan fingerprint density at radius 1 is 0.636 bits per heavy atom. The molecule has 0 aromatic rings. The van der Waals surface area contributed by atoms with Crippen molar-refractivity contribution in [3.8, 4) is 0 Å². The van der Waals surface area contributed by atoms with Crippen LogP contribution in [-0.2, 0) is 27.2 Å². The fourth-order valence-electron chi connectivity index (χ4n) is 7.56. The molecule has 0 radical (unpaired) electrons. The average Bonchev–Trinajstić information content (AvgIpc) is 3.14. The van der Waals surface area contributed by atoms with Crippen LogP contribution in [0, 0.1) is 41.4 Å². The lowest BCUT2D eigenvalue weighted by Gasteiger charge is -2.46. The Morgan fingerprint density at radius 2 is 1.12 bits per heavy atom. The molecular weight excluding hydrogens is 881 g/mol. The van der Waals surface area contributed by atoms with E-state index in [0.29, 0.717) is 23.7 Å². The second-order valence-corrected chi connectivity index (χ2v) is 45.8. The number of hydrogen-bond donors (Lipinski definition) is 0. The van der Waals surface area contributed by atoms with E-state index in [0.717, 1.165) is 25.7 Å². The lowest BCUT2D eigenvalue weighted by atomic mass is 9.77. The molecule has 1 aliphatic heterocycles. The molecule has 0 aromatic carbocycles. The van der Waals surface area contributed by atoms with Crippen molar-refractivity contribution >= 4 is 39.2 Å². The van der Waals surface area contributed by atoms with Crippen LogP contribution in [0.25, 0.3) is 0 Å². The summed E-state index contributed by atoms with van der Waals surface area (Å²) >= 11 is 0. The molecule has 1 rings (SSSR count). The van der Waals surface area contributed by atoms with Gasteiger partial charge in [-0.25, -0.2) is 4.79 Å². The maximum absolute atomic E-state index is 14.1. The van der Waals surface area contributed by atoms with Crippen molar-refractivity contribution in [3.05, 3.63) is 61.3 Å². The summed E-state index contributed by atoms with van der Waals surface area (Å²) in [7, 11) is -9.29. The van der Waals surface area contributed by atoms with Gasteiger partial charge in [0.25, 0.3) is 0 Å². The first-order valence-electron chi connectivity index (χ1n) is 25.8. The zero-order valence-electron chi connectivity index (χ0n) is 48.0. The molecule has 0 fully saturated rings. The summed E-state index contributed by atoms with van der Waals surface area (Å²) in [5.41, 5.74) is 0. The summed E-state index contributed by atoms with van der Waals surface area (Å²) in [6, 6.07) is 0. The number of carbonyl (C=O) groups excluding carboxylic acids is 1. The lowest BCUT2D eigenvalue weighted by Crippen LogP contribution is -2.55. The molecule has 0 aromatic heterocycles. The number of cyclic esters (lactones) is 1. The Balaban J connectivity index is 4.30. The third-order valence-corrected chi connectivity index (χ3v) is 34.9. The van der Waals surface area contributed by atoms with Crippen molar-refractivity contribution in [1.82, 2.24) is 0 Å². The van der Waals surface area contributed by atoms with E-state index in [1.807, 2.05) is 18.2 Å². The van der Waals surface area contributed by atoms with Crippen molar-refractivity contribution < 1.29 is 27.2 Å². The Kier molecular flexibility index (Phi) is 23.6. The monoisotopic (exact) mass is 989 g/mol. The molecule has 1 heterocycles. The number of hydrogen-bond acceptors (Lipinski definition) is 6. The van der Waals surface area contributed by atoms with Gasteiger partial charge in [0, 0.05) is 12.2 Å². The van der Waals surface area contributed by atoms with Crippen LogP contribution in [0.4, 0.5) is 0 Å². The summed E-state index contributed by atoms with van der Waals surface area (Å²) in [5, 5.41) is -0.0918. The molecule has 1 aliphatic rings. The predicted octanol–water partition coefficient (Wildman–Crippen LogP) is 17.5. The normalized spacial score (nSPS) is 30.7. The van der Waals surface area contributed by atoms with Crippen LogP contribution in [0.5, 0.6) is 0 Å². The van der Waals surface area contributed by atoms with E-state index >= 15 is 0 Å². The molecule has 0 bridgehead atoms. The van der Waals surface area contributed by atoms with Crippen LogP contribution in [0.3, 0.4) is 0 Å².